The van der Waals surface area contributed by atoms with E-state index in [1.165, 1.54) is 12.8 Å². The van der Waals surface area contributed by atoms with E-state index in [4.69, 9.17) is 16.3 Å². The van der Waals surface area contributed by atoms with Crippen LogP contribution >= 0.6 is 11.6 Å². The average molecular weight is 241 g/mol. The lowest BCUT2D eigenvalue weighted by Gasteiger charge is -2.26. The summed E-state index contributed by atoms with van der Waals surface area (Å²) in [4.78, 5) is 0. The molecule has 0 aromatic carbocycles. The van der Waals surface area contributed by atoms with Gasteiger partial charge in [0.2, 0.25) is 5.88 Å². The summed E-state index contributed by atoms with van der Waals surface area (Å²) in [5.41, 5.74) is 0.783. The summed E-state index contributed by atoms with van der Waals surface area (Å²) in [5, 5.41) is 7.99. The zero-order chi connectivity index (χ0) is 11.4. The highest BCUT2D eigenvalue weighted by atomic mass is 35.5. The Morgan fingerprint density at radius 1 is 1.38 bits per heavy atom. The number of alkyl halides is 1. The third-order valence-corrected chi connectivity index (χ3v) is 3.28. The molecule has 0 amide bonds. The van der Waals surface area contributed by atoms with Crippen molar-refractivity contribution in [3.05, 3.63) is 17.8 Å². The monoisotopic (exact) mass is 240 g/mol. The first kappa shape index (κ1) is 11.6. The lowest BCUT2D eigenvalue weighted by Crippen LogP contribution is -2.24. The third-order valence-electron chi connectivity index (χ3n) is 3.01. The topological polar surface area (TPSA) is 35.0 Å². The van der Waals surface area contributed by atoms with Crippen molar-refractivity contribution in [1.82, 2.24) is 10.2 Å². The lowest BCUT2D eigenvalue weighted by molar-refractivity contribution is 0.122. The minimum atomic E-state index is 0.305. The molecule has 0 aliphatic heterocycles. The minimum absolute atomic E-state index is 0.305. The molecule has 0 radical (unpaired) electrons. The first-order chi connectivity index (χ1) is 7.78. The summed E-state index contributed by atoms with van der Waals surface area (Å²) < 4.78 is 5.81. The summed E-state index contributed by atoms with van der Waals surface area (Å²) in [6.07, 6.45) is 5.12. The fourth-order valence-electron chi connectivity index (χ4n) is 2.14. The predicted molar refractivity (Wildman–Crippen MR) is 63.6 cm³/mol. The van der Waals surface area contributed by atoms with Gasteiger partial charge in [0, 0.05) is 6.07 Å². The average Bonchev–Trinajstić information content (AvgIpc) is 2.30. The summed E-state index contributed by atoms with van der Waals surface area (Å²) in [7, 11) is 0. The van der Waals surface area contributed by atoms with Gasteiger partial charge >= 0.3 is 0 Å². The quantitative estimate of drug-likeness (QED) is 0.762. The molecule has 3 nitrogen and oxygen atoms in total. The number of halogens is 1. The van der Waals surface area contributed by atoms with Gasteiger partial charge in [0.15, 0.2) is 0 Å². The van der Waals surface area contributed by atoms with Crippen LogP contribution in [0.15, 0.2) is 12.1 Å². The van der Waals surface area contributed by atoms with Gasteiger partial charge < -0.3 is 4.74 Å². The molecule has 4 heteroatoms. The van der Waals surface area contributed by atoms with Gasteiger partial charge in [-0.15, -0.1) is 16.7 Å². The second kappa shape index (κ2) is 5.48. The van der Waals surface area contributed by atoms with Crippen LogP contribution in [-0.4, -0.2) is 16.3 Å². The van der Waals surface area contributed by atoms with Crippen molar-refractivity contribution < 1.29 is 4.74 Å². The largest absolute Gasteiger partial charge is 0.473 e. The van der Waals surface area contributed by atoms with Gasteiger partial charge in [-0.2, -0.15) is 5.10 Å². The maximum absolute atomic E-state index is 5.81. The van der Waals surface area contributed by atoms with E-state index < -0.39 is 0 Å². The fraction of sp³-hybridized carbons (Fsp3) is 0.667. The number of ether oxygens (including phenoxy) is 1. The van der Waals surface area contributed by atoms with E-state index in [1.807, 2.05) is 12.1 Å². The van der Waals surface area contributed by atoms with Crippen molar-refractivity contribution in [2.45, 2.75) is 44.6 Å². The Bertz CT molecular complexity index is 328. The Morgan fingerprint density at radius 2 is 2.25 bits per heavy atom. The molecule has 0 spiro atoms. The molecule has 1 aromatic heterocycles. The van der Waals surface area contributed by atoms with Crippen LogP contribution in [-0.2, 0) is 5.88 Å². The Morgan fingerprint density at radius 3 is 2.88 bits per heavy atom. The molecule has 1 fully saturated rings. The van der Waals surface area contributed by atoms with Gasteiger partial charge in [0.1, 0.15) is 6.10 Å². The molecule has 2 atom stereocenters. The lowest BCUT2D eigenvalue weighted by atomic mass is 9.89. The van der Waals surface area contributed by atoms with E-state index in [9.17, 15) is 0 Å². The number of rotatable bonds is 3. The molecule has 1 heterocycles. The molecule has 2 unspecified atom stereocenters. The highest BCUT2D eigenvalue weighted by Gasteiger charge is 2.20. The van der Waals surface area contributed by atoms with E-state index in [0.29, 0.717) is 17.9 Å². The Labute approximate surface area is 101 Å². The van der Waals surface area contributed by atoms with Crippen molar-refractivity contribution in [2.75, 3.05) is 0 Å². The first-order valence-electron chi connectivity index (χ1n) is 5.83. The van der Waals surface area contributed by atoms with E-state index in [2.05, 4.69) is 17.1 Å². The van der Waals surface area contributed by atoms with E-state index >= 15 is 0 Å². The number of hydrogen-bond donors (Lipinski definition) is 0. The normalized spacial score (nSPS) is 25.4. The molecule has 88 valence electrons. The third kappa shape index (κ3) is 3.08. The van der Waals surface area contributed by atoms with Crippen LogP contribution in [0.2, 0.25) is 0 Å². The first-order valence-corrected chi connectivity index (χ1v) is 6.36. The fourth-order valence-corrected chi connectivity index (χ4v) is 2.28. The highest BCUT2D eigenvalue weighted by Crippen LogP contribution is 2.26. The molecule has 16 heavy (non-hydrogen) atoms. The van der Waals surface area contributed by atoms with Crippen molar-refractivity contribution >= 4 is 11.6 Å². The highest BCUT2D eigenvalue weighted by molar-refractivity contribution is 6.16. The van der Waals surface area contributed by atoms with Crippen LogP contribution in [0.5, 0.6) is 5.88 Å². The molecule has 1 saturated carbocycles. The second-order valence-corrected chi connectivity index (χ2v) is 4.78. The van der Waals surface area contributed by atoms with Gasteiger partial charge in [0.25, 0.3) is 0 Å². The van der Waals surface area contributed by atoms with Gasteiger partial charge in [-0.1, -0.05) is 13.3 Å². The van der Waals surface area contributed by atoms with Crippen molar-refractivity contribution in [3.63, 3.8) is 0 Å². The Balaban J connectivity index is 1.92. The van der Waals surface area contributed by atoms with Crippen LogP contribution in [0.4, 0.5) is 0 Å². The predicted octanol–water partition coefficient (Wildman–Crippen LogP) is 3.17. The van der Waals surface area contributed by atoms with Gasteiger partial charge in [-0.25, -0.2) is 0 Å². The molecular formula is C12H17ClN2O. The Kier molecular flexibility index (Phi) is 3.99. The Hall–Kier alpha value is -0.830. The standard InChI is InChI=1S/C12H17ClN2O/c1-9-3-2-4-11(7-9)16-12-6-5-10(8-13)14-15-12/h5-6,9,11H,2-4,7-8H2,1H3. The van der Waals surface area contributed by atoms with Crippen LogP contribution in [0.3, 0.4) is 0 Å². The van der Waals surface area contributed by atoms with Crippen LogP contribution < -0.4 is 4.74 Å². The smallest absolute Gasteiger partial charge is 0.233 e. The zero-order valence-corrected chi connectivity index (χ0v) is 10.3. The molecule has 2 rings (SSSR count). The van der Waals surface area contributed by atoms with Crippen LogP contribution in [0.1, 0.15) is 38.3 Å². The van der Waals surface area contributed by atoms with Gasteiger partial charge in [0.05, 0.1) is 11.6 Å². The van der Waals surface area contributed by atoms with Crippen LogP contribution in [0.25, 0.3) is 0 Å². The summed E-state index contributed by atoms with van der Waals surface area (Å²) in [6.45, 7) is 2.28. The van der Waals surface area contributed by atoms with Gasteiger partial charge in [-0.3, -0.25) is 0 Å². The summed E-state index contributed by atoms with van der Waals surface area (Å²) in [5.74, 6) is 1.77. The molecule has 0 bridgehead atoms. The number of aromatic nitrogens is 2. The second-order valence-electron chi connectivity index (χ2n) is 4.51. The summed E-state index contributed by atoms with van der Waals surface area (Å²) >= 11 is 5.65. The molecule has 0 saturated heterocycles. The minimum Gasteiger partial charge on any atom is -0.473 e. The number of nitrogens with zero attached hydrogens (tertiary/aromatic N) is 2. The molecule has 0 N–H and O–H groups in total. The molecular weight excluding hydrogens is 224 g/mol. The maximum atomic E-state index is 5.81. The summed E-state index contributed by atoms with van der Waals surface area (Å²) in [6, 6.07) is 3.71. The van der Waals surface area contributed by atoms with E-state index in [1.54, 1.807) is 0 Å². The van der Waals surface area contributed by atoms with E-state index in [-0.39, 0.29) is 0 Å². The number of hydrogen-bond acceptors (Lipinski definition) is 3. The molecule has 1 aliphatic rings. The van der Waals surface area contributed by atoms with Gasteiger partial charge in [-0.05, 0) is 31.2 Å². The van der Waals surface area contributed by atoms with Crippen LogP contribution in [0, 0.1) is 5.92 Å². The van der Waals surface area contributed by atoms with Crippen molar-refractivity contribution in [1.29, 1.82) is 0 Å². The van der Waals surface area contributed by atoms with E-state index in [0.717, 1.165) is 24.5 Å². The SMILES string of the molecule is CC1CCCC(Oc2ccc(CCl)nn2)C1. The molecule has 1 aromatic rings. The van der Waals surface area contributed by atoms with Crippen molar-refractivity contribution in [2.24, 2.45) is 5.92 Å². The van der Waals surface area contributed by atoms with Crippen molar-refractivity contribution in [3.8, 4) is 5.88 Å². The molecule has 1 aliphatic carbocycles. The zero-order valence-electron chi connectivity index (χ0n) is 9.53. The maximum Gasteiger partial charge on any atom is 0.233 e.